The molecule has 0 amide bonds. The van der Waals surface area contributed by atoms with Crippen molar-refractivity contribution in [1.29, 1.82) is 0 Å². The van der Waals surface area contributed by atoms with Gasteiger partial charge in [-0.3, -0.25) is 0 Å². The fourth-order valence-electron chi connectivity index (χ4n) is 3.51. The van der Waals surface area contributed by atoms with E-state index in [4.69, 9.17) is 0 Å². The standard InChI is InChI=1S/C23H23N3O4S2/c1-2-16-26(17-18-8-4-3-5-9-18)32(29,30)20-14-12-19(13-15-20)24-23-21-10-6-7-11-22(21)31(27,28)25-23/h3-15H,2,16-17H2,1H3,(H,24,25). The van der Waals surface area contributed by atoms with Gasteiger partial charge in [0.1, 0.15) is 4.90 Å². The van der Waals surface area contributed by atoms with Gasteiger partial charge in [-0.2, -0.15) is 12.7 Å². The average Bonchev–Trinajstić information content (AvgIpc) is 3.04. The molecule has 1 heterocycles. The Labute approximate surface area is 188 Å². The van der Waals surface area contributed by atoms with Crippen molar-refractivity contribution in [1.82, 2.24) is 4.31 Å². The molecule has 0 spiro atoms. The third-order valence-corrected chi connectivity index (χ3v) is 8.26. The lowest BCUT2D eigenvalue weighted by Crippen LogP contribution is -2.31. The van der Waals surface area contributed by atoms with E-state index in [1.807, 2.05) is 37.3 Å². The molecular formula is C23H23N3O4S2. The lowest BCUT2D eigenvalue weighted by molar-refractivity contribution is 0.405. The highest BCUT2D eigenvalue weighted by Crippen LogP contribution is 2.27. The van der Waals surface area contributed by atoms with E-state index >= 15 is 0 Å². The minimum atomic E-state index is -3.73. The smallest absolute Gasteiger partial charge is 0.285 e. The molecule has 7 nitrogen and oxygen atoms in total. The quantitative estimate of drug-likeness (QED) is 0.567. The molecule has 3 aromatic carbocycles. The van der Waals surface area contributed by atoms with E-state index in [9.17, 15) is 16.8 Å². The van der Waals surface area contributed by atoms with Crippen molar-refractivity contribution >= 4 is 31.6 Å². The third kappa shape index (κ3) is 4.45. The summed E-state index contributed by atoms with van der Waals surface area (Å²) >= 11 is 0. The zero-order valence-electron chi connectivity index (χ0n) is 17.5. The molecular weight excluding hydrogens is 446 g/mol. The van der Waals surface area contributed by atoms with Crippen LogP contribution < -0.4 is 5.32 Å². The predicted octanol–water partition coefficient (Wildman–Crippen LogP) is 3.85. The number of nitrogens with zero attached hydrogens (tertiary/aromatic N) is 2. The highest BCUT2D eigenvalue weighted by Gasteiger charge is 2.29. The lowest BCUT2D eigenvalue weighted by Gasteiger charge is -2.22. The number of sulfonamides is 2. The van der Waals surface area contributed by atoms with Gasteiger partial charge in [-0.25, -0.2) is 8.42 Å². The number of amidine groups is 1. The molecule has 0 fully saturated rings. The van der Waals surface area contributed by atoms with Crippen LogP contribution in [0.4, 0.5) is 5.69 Å². The number of hydrogen-bond acceptors (Lipinski definition) is 5. The number of rotatable bonds is 7. The van der Waals surface area contributed by atoms with Gasteiger partial charge in [0.2, 0.25) is 10.0 Å². The van der Waals surface area contributed by atoms with Gasteiger partial charge in [-0.15, -0.1) is 4.40 Å². The van der Waals surface area contributed by atoms with Crippen molar-refractivity contribution < 1.29 is 16.8 Å². The molecule has 0 radical (unpaired) electrons. The number of nitrogens with one attached hydrogen (secondary N) is 1. The van der Waals surface area contributed by atoms with E-state index < -0.39 is 20.0 Å². The maximum atomic E-state index is 13.2. The van der Waals surface area contributed by atoms with Gasteiger partial charge in [0.15, 0.2) is 5.84 Å². The molecule has 1 N–H and O–H groups in total. The minimum absolute atomic E-state index is 0.151. The van der Waals surface area contributed by atoms with Crippen LogP contribution in [0.25, 0.3) is 0 Å². The van der Waals surface area contributed by atoms with Gasteiger partial charge in [0.25, 0.3) is 10.0 Å². The first kappa shape index (κ1) is 22.2. The maximum absolute atomic E-state index is 13.2. The fourth-order valence-corrected chi connectivity index (χ4v) is 6.21. The van der Waals surface area contributed by atoms with Crippen LogP contribution in [0.15, 0.2) is 93.1 Å². The maximum Gasteiger partial charge on any atom is 0.285 e. The molecule has 0 aromatic heterocycles. The average molecular weight is 470 g/mol. The first-order chi connectivity index (χ1) is 15.3. The van der Waals surface area contributed by atoms with Crippen LogP contribution in [0.2, 0.25) is 0 Å². The summed E-state index contributed by atoms with van der Waals surface area (Å²) in [6, 6.07) is 22.3. The monoisotopic (exact) mass is 469 g/mol. The topological polar surface area (TPSA) is 95.9 Å². The molecule has 0 bridgehead atoms. The molecule has 1 aliphatic rings. The molecule has 1 aliphatic heterocycles. The van der Waals surface area contributed by atoms with Crippen molar-refractivity contribution in [3.05, 3.63) is 90.0 Å². The molecule has 32 heavy (non-hydrogen) atoms. The van der Waals surface area contributed by atoms with Gasteiger partial charge < -0.3 is 5.32 Å². The first-order valence-electron chi connectivity index (χ1n) is 10.2. The number of benzene rings is 3. The van der Waals surface area contributed by atoms with Crippen LogP contribution in [-0.2, 0) is 26.6 Å². The van der Waals surface area contributed by atoms with Gasteiger partial charge in [0.05, 0.1) is 4.90 Å². The summed E-state index contributed by atoms with van der Waals surface area (Å²) < 4.78 is 56.2. The van der Waals surface area contributed by atoms with Crippen LogP contribution in [0.1, 0.15) is 24.5 Å². The normalized spacial score (nSPS) is 14.8. The number of hydrogen-bond donors (Lipinski definition) is 1. The van der Waals surface area contributed by atoms with Crippen molar-refractivity contribution in [2.75, 3.05) is 11.9 Å². The van der Waals surface area contributed by atoms with Gasteiger partial charge in [0, 0.05) is 24.3 Å². The van der Waals surface area contributed by atoms with Crippen molar-refractivity contribution in [3.63, 3.8) is 0 Å². The Morgan fingerprint density at radius 2 is 1.56 bits per heavy atom. The Hall–Kier alpha value is -3.01. The molecule has 166 valence electrons. The van der Waals surface area contributed by atoms with Gasteiger partial charge in [-0.05, 0) is 48.4 Å². The Bertz CT molecular complexity index is 1350. The summed E-state index contributed by atoms with van der Waals surface area (Å²) in [5.41, 5.74) is 1.95. The van der Waals surface area contributed by atoms with Crippen LogP contribution >= 0.6 is 0 Å². The second kappa shape index (κ2) is 8.85. The third-order valence-electron chi connectivity index (χ3n) is 5.06. The van der Waals surface area contributed by atoms with E-state index in [1.54, 1.807) is 30.3 Å². The van der Waals surface area contributed by atoms with E-state index in [0.29, 0.717) is 30.8 Å². The molecule has 0 saturated heterocycles. The summed E-state index contributed by atoms with van der Waals surface area (Å²) in [5.74, 6) is 0.216. The van der Waals surface area contributed by atoms with Crippen molar-refractivity contribution in [3.8, 4) is 0 Å². The molecule has 0 unspecified atom stereocenters. The summed E-state index contributed by atoms with van der Waals surface area (Å²) in [6.45, 7) is 2.64. The van der Waals surface area contributed by atoms with E-state index in [2.05, 4.69) is 9.71 Å². The zero-order valence-corrected chi connectivity index (χ0v) is 19.1. The largest absolute Gasteiger partial charge is 0.339 e. The minimum Gasteiger partial charge on any atom is -0.339 e. The Balaban J connectivity index is 1.56. The Morgan fingerprint density at radius 3 is 2.25 bits per heavy atom. The lowest BCUT2D eigenvalue weighted by atomic mass is 10.2. The number of anilines is 1. The van der Waals surface area contributed by atoms with Crippen LogP contribution in [0, 0.1) is 0 Å². The molecule has 3 aromatic rings. The summed E-state index contributed by atoms with van der Waals surface area (Å²) in [5, 5.41) is 2.99. The van der Waals surface area contributed by atoms with Crippen molar-refractivity contribution in [2.45, 2.75) is 29.7 Å². The van der Waals surface area contributed by atoms with E-state index in [0.717, 1.165) is 5.56 Å². The molecule has 0 saturated carbocycles. The van der Waals surface area contributed by atoms with Gasteiger partial charge in [-0.1, -0.05) is 49.4 Å². The van der Waals surface area contributed by atoms with Crippen LogP contribution in [-0.4, -0.2) is 33.5 Å². The van der Waals surface area contributed by atoms with E-state index in [-0.39, 0.29) is 15.6 Å². The highest BCUT2D eigenvalue weighted by atomic mass is 32.2. The second-order valence-electron chi connectivity index (χ2n) is 7.38. The Morgan fingerprint density at radius 1 is 0.906 bits per heavy atom. The number of fused-ring (bicyclic) bond motifs is 1. The highest BCUT2D eigenvalue weighted by molar-refractivity contribution is 7.90. The SMILES string of the molecule is CCCN(Cc1ccccc1)S(=O)(=O)c1ccc(NC2=NS(=O)(=O)c3ccccc32)cc1. The van der Waals surface area contributed by atoms with Gasteiger partial charge >= 0.3 is 0 Å². The fraction of sp³-hybridized carbons (Fsp3) is 0.174. The molecule has 0 aliphatic carbocycles. The summed E-state index contributed by atoms with van der Waals surface area (Å²) in [6.07, 6.45) is 0.694. The molecule has 0 atom stereocenters. The van der Waals surface area contributed by atoms with E-state index in [1.165, 1.54) is 22.5 Å². The zero-order chi connectivity index (χ0) is 22.8. The van der Waals surface area contributed by atoms with Crippen LogP contribution in [0.5, 0.6) is 0 Å². The summed E-state index contributed by atoms with van der Waals surface area (Å²) in [7, 11) is -7.42. The molecule has 4 rings (SSSR count). The summed E-state index contributed by atoms with van der Waals surface area (Å²) in [4.78, 5) is 0.326. The van der Waals surface area contributed by atoms with Crippen LogP contribution in [0.3, 0.4) is 0 Å². The second-order valence-corrected chi connectivity index (χ2v) is 10.9. The first-order valence-corrected chi connectivity index (χ1v) is 13.0. The molecule has 9 heteroatoms. The predicted molar refractivity (Wildman–Crippen MR) is 125 cm³/mol. The Kier molecular flexibility index (Phi) is 6.14. The van der Waals surface area contributed by atoms with Crippen molar-refractivity contribution in [2.24, 2.45) is 4.40 Å².